The highest BCUT2D eigenvalue weighted by Crippen LogP contribution is 2.29. The molecule has 3 heteroatoms. The zero-order valence-electron chi connectivity index (χ0n) is 11.2. The molecular formula is C15H24N2O. The Labute approximate surface area is 110 Å². The molecule has 1 N–H and O–H groups in total. The Morgan fingerprint density at radius 1 is 1.00 bits per heavy atom. The molecule has 1 aromatic rings. The van der Waals surface area contributed by atoms with Gasteiger partial charge in [-0.05, 0) is 38.3 Å². The van der Waals surface area contributed by atoms with Crippen LogP contribution in [0.4, 0.5) is 5.88 Å². The maximum Gasteiger partial charge on any atom is 0.195 e. The van der Waals surface area contributed by atoms with Crippen molar-refractivity contribution in [2.75, 3.05) is 24.5 Å². The molecule has 0 aromatic carbocycles. The molecule has 3 rings (SSSR count). The quantitative estimate of drug-likeness (QED) is 0.868. The lowest BCUT2D eigenvalue weighted by Crippen LogP contribution is -2.26. The summed E-state index contributed by atoms with van der Waals surface area (Å²) in [6.07, 6.45) is 9.18. The molecule has 1 aromatic heterocycles. The molecule has 0 bridgehead atoms. The minimum absolute atomic E-state index is 0.444. The lowest BCUT2D eigenvalue weighted by molar-refractivity contribution is 0.349. The van der Waals surface area contributed by atoms with Crippen molar-refractivity contribution in [2.45, 2.75) is 51.0 Å². The van der Waals surface area contributed by atoms with E-state index in [1.807, 2.05) is 0 Å². The van der Waals surface area contributed by atoms with Crippen molar-refractivity contribution in [2.24, 2.45) is 0 Å². The van der Waals surface area contributed by atoms with Crippen LogP contribution in [0.1, 0.15) is 56.7 Å². The van der Waals surface area contributed by atoms with Crippen LogP contribution < -0.4 is 10.2 Å². The fourth-order valence-electron chi connectivity index (χ4n) is 3.09. The Morgan fingerprint density at radius 3 is 2.56 bits per heavy atom. The molecule has 0 spiro atoms. The second kappa shape index (κ2) is 5.79. The fourth-order valence-corrected chi connectivity index (χ4v) is 3.09. The van der Waals surface area contributed by atoms with Crippen LogP contribution in [-0.2, 0) is 0 Å². The average molecular weight is 248 g/mol. The Balaban J connectivity index is 1.67. The summed E-state index contributed by atoms with van der Waals surface area (Å²) in [6.45, 7) is 3.44. The molecule has 0 amide bonds. The largest absolute Gasteiger partial charge is 0.444 e. The SMILES string of the molecule is c1cc(N2CCCCCC2)oc1[C@@H]1CCCCN1. The maximum absolute atomic E-state index is 6.08. The van der Waals surface area contributed by atoms with E-state index in [4.69, 9.17) is 4.42 Å². The fraction of sp³-hybridized carbons (Fsp3) is 0.733. The lowest BCUT2D eigenvalue weighted by atomic mass is 10.0. The maximum atomic E-state index is 6.08. The number of hydrogen-bond donors (Lipinski definition) is 1. The molecule has 2 fully saturated rings. The molecule has 100 valence electrons. The van der Waals surface area contributed by atoms with Crippen molar-refractivity contribution < 1.29 is 4.42 Å². The van der Waals surface area contributed by atoms with Crippen molar-refractivity contribution >= 4 is 5.88 Å². The molecule has 18 heavy (non-hydrogen) atoms. The summed E-state index contributed by atoms with van der Waals surface area (Å²) in [6, 6.07) is 4.78. The van der Waals surface area contributed by atoms with E-state index >= 15 is 0 Å². The van der Waals surface area contributed by atoms with Gasteiger partial charge in [0.25, 0.3) is 0 Å². The smallest absolute Gasteiger partial charge is 0.195 e. The monoisotopic (exact) mass is 248 g/mol. The van der Waals surface area contributed by atoms with Crippen molar-refractivity contribution in [3.8, 4) is 0 Å². The van der Waals surface area contributed by atoms with Crippen molar-refractivity contribution in [3.63, 3.8) is 0 Å². The van der Waals surface area contributed by atoms with Crippen LogP contribution in [0.3, 0.4) is 0 Å². The molecular weight excluding hydrogens is 224 g/mol. The van der Waals surface area contributed by atoms with Gasteiger partial charge >= 0.3 is 0 Å². The molecule has 1 atom stereocenters. The number of hydrogen-bond acceptors (Lipinski definition) is 3. The summed E-state index contributed by atoms with van der Waals surface area (Å²) < 4.78 is 6.08. The zero-order chi connectivity index (χ0) is 12.2. The Bertz CT molecular complexity index is 360. The summed E-state index contributed by atoms with van der Waals surface area (Å²) in [5.41, 5.74) is 0. The van der Waals surface area contributed by atoms with E-state index in [9.17, 15) is 0 Å². The molecule has 0 radical (unpaired) electrons. The number of piperidine rings is 1. The first-order valence-corrected chi connectivity index (χ1v) is 7.51. The van der Waals surface area contributed by atoms with Crippen LogP contribution in [0.25, 0.3) is 0 Å². The van der Waals surface area contributed by atoms with Crippen molar-refractivity contribution in [3.05, 3.63) is 17.9 Å². The topological polar surface area (TPSA) is 28.4 Å². The van der Waals surface area contributed by atoms with Crippen LogP contribution in [0.15, 0.2) is 16.5 Å². The van der Waals surface area contributed by atoms with Crippen LogP contribution in [0, 0.1) is 0 Å². The van der Waals surface area contributed by atoms with Gasteiger partial charge in [0.2, 0.25) is 0 Å². The summed E-state index contributed by atoms with van der Waals surface area (Å²) in [4.78, 5) is 2.42. The minimum Gasteiger partial charge on any atom is -0.444 e. The highest BCUT2D eigenvalue weighted by atomic mass is 16.4. The molecule has 0 unspecified atom stereocenters. The summed E-state index contributed by atoms with van der Waals surface area (Å²) >= 11 is 0. The molecule has 2 aliphatic rings. The molecule has 3 nitrogen and oxygen atoms in total. The number of furan rings is 1. The van der Waals surface area contributed by atoms with Gasteiger partial charge in [-0.2, -0.15) is 0 Å². The van der Waals surface area contributed by atoms with Crippen molar-refractivity contribution in [1.82, 2.24) is 5.32 Å². The highest BCUT2D eigenvalue weighted by molar-refractivity contribution is 5.37. The van der Waals surface area contributed by atoms with Gasteiger partial charge in [-0.3, -0.25) is 0 Å². The molecule has 2 saturated heterocycles. The van der Waals surface area contributed by atoms with Gasteiger partial charge < -0.3 is 14.6 Å². The molecule has 3 heterocycles. The third-order valence-corrected chi connectivity index (χ3v) is 4.18. The summed E-state index contributed by atoms with van der Waals surface area (Å²) in [5.74, 6) is 2.22. The predicted molar refractivity (Wildman–Crippen MR) is 74.0 cm³/mol. The van der Waals surface area contributed by atoms with Gasteiger partial charge in [-0.15, -0.1) is 0 Å². The zero-order valence-corrected chi connectivity index (χ0v) is 11.2. The van der Waals surface area contributed by atoms with Gasteiger partial charge in [0.1, 0.15) is 5.76 Å². The molecule has 0 aliphatic carbocycles. The Kier molecular flexibility index (Phi) is 3.89. The minimum atomic E-state index is 0.444. The first-order valence-electron chi connectivity index (χ1n) is 7.51. The second-order valence-electron chi connectivity index (χ2n) is 5.58. The summed E-state index contributed by atoms with van der Waals surface area (Å²) in [7, 11) is 0. The van der Waals surface area contributed by atoms with E-state index in [2.05, 4.69) is 22.3 Å². The van der Waals surface area contributed by atoms with Crippen molar-refractivity contribution in [1.29, 1.82) is 0 Å². The van der Waals surface area contributed by atoms with Crippen LogP contribution in [-0.4, -0.2) is 19.6 Å². The Hall–Kier alpha value is -0.960. The van der Waals surface area contributed by atoms with Gasteiger partial charge in [0.05, 0.1) is 6.04 Å². The third-order valence-electron chi connectivity index (χ3n) is 4.18. The standard InChI is InChI=1S/C15H24N2O/c1-2-6-12-17(11-5-1)15-9-8-14(18-15)13-7-3-4-10-16-13/h8-9,13,16H,1-7,10-12H2/t13-/m0/s1. The molecule has 2 aliphatic heterocycles. The van der Waals surface area contributed by atoms with E-state index in [1.165, 1.54) is 44.9 Å². The molecule has 0 saturated carbocycles. The number of anilines is 1. The van der Waals surface area contributed by atoms with Gasteiger partial charge in [-0.1, -0.05) is 19.3 Å². The van der Waals surface area contributed by atoms with E-state index in [0.29, 0.717) is 6.04 Å². The first kappa shape index (κ1) is 12.1. The van der Waals surface area contributed by atoms with Crippen LogP contribution >= 0.6 is 0 Å². The normalized spacial score (nSPS) is 26.0. The lowest BCUT2D eigenvalue weighted by Gasteiger charge is -2.22. The highest BCUT2D eigenvalue weighted by Gasteiger charge is 2.20. The van der Waals surface area contributed by atoms with E-state index < -0.39 is 0 Å². The van der Waals surface area contributed by atoms with E-state index in [0.717, 1.165) is 31.3 Å². The first-order chi connectivity index (χ1) is 8.93. The van der Waals surface area contributed by atoms with Gasteiger partial charge in [0.15, 0.2) is 5.88 Å². The third kappa shape index (κ3) is 2.72. The summed E-state index contributed by atoms with van der Waals surface area (Å²) in [5, 5.41) is 3.55. The van der Waals surface area contributed by atoms with Crippen LogP contribution in [0.5, 0.6) is 0 Å². The van der Waals surface area contributed by atoms with Gasteiger partial charge in [0, 0.05) is 19.2 Å². The Morgan fingerprint density at radius 2 is 1.83 bits per heavy atom. The number of rotatable bonds is 2. The van der Waals surface area contributed by atoms with Crippen LogP contribution in [0.2, 0.25) is 0 Å². The van der Waals surface area contributed by atoms with E-state index in [1.54, 1.807) is 0 Å². The van der Waals surface area contributed by atoms with Gasteiger partial charge in [-0.25, -0.2) is 0 Å². The number of nitrogens with one attached hydrogen (secondary N) is 1. The van der Waals surface area contributed by atoms with E-state index in [-0.39, 0.29) is 0 Å². The second-order valence-corrected chi connectivity index (χ2v) is 5.58. The number of nitrogens with zero attached hydrogens (tertiary/aromatic N) is 1. The average Bonchev–Trinajstić information content (AvgIpc) is 2.76. The predicted octanol–water partition coefficient (Wildman–Crippen LogP) is 3.47.